The summed E-state index contributed by atoms with van der Waals surface area (Å²) >= 11 is 0. The predicted molar refractivity (Wildman–Crippen MR) is 128 cm³/mol. The highest BCUT2D eigenvalue weighted by Crippen LogP contribution is 2.44. The van der Waals surface area contributed by atoms with E-state index in [9.17, 15) is 19.5 Å². The summed E-state index contributed by atoms with van der Waals surface area (Å²) in [5, 5.41) is 12.3. The first-order valence-corrected chi connectivity index (χ1v) is 11.7. The summed E-state index contributed by atoms with van der Waals surface area (Å²) in [4.78, 5) is 39.0. The van der Waals surface area contributed by atoms with E-state index in [0.29, 0.717) is 13.0 Å². The van der Waals surface area contributed by atoms with Crippen molar-refractivity contribution < 1.29 is 24.2 Å². The van der Waals surface area contributed by atoms with E-state index in [0.717, 1.165) is 22.3 Å². The van der Waals surface area contributed by atoms with Gasteiger partial charge in [-0.15, -0.1) is 0 Å². The molecule has 2 N–H and O–H groups in total. The summed E-state index contributed by atoms with van der Waals surface area (Å²) in [5.74, 6) is -1.37. The number of alkyl carbamates (subject to hydrolysis) is 1. The molecular weight excluding hydrogens is 432 g/mol. The monoisotopic (exact) mass is 464 g/mol. The molecule has 7 heteroatoms. The molecule has 0 radical (unpaired) electrons. The van der Waals surface area contributed by atoms with Gasteiger partial charge in [0.15, 0.2) is 0 Å². The second-order valence-corrected chi connectivity index (χ2v) is 10.3. The highest BCUT2D eigenvalue weighted by atomic mass is 16.5. The average molecular weight is 465 g/mol. The largest absolute Gasteiger partial charge is 0.480 e. The number of likely N-dealkylation sites (tertiary alicyclic amines) is 1. The molecule has 0 saturated carbocycles. The molecule has 2 aromatic rings. The lowest BCUT2D eigenvalue weighted by Crippen LogP contribution is -2.69. The van der Waals surface area contributed by atoms with Gasteiger partial charge in [0.25, 0.3) is 0 Å². The summed E-state index contributed by atoms with van der Waals surface area (Å²) in [6.45, 7) is 8.04. The minimum atomic E-state index is -1.03. The molecule has 1 heterocycles. The number of aliphatic carboxylic acids is 1. The maximum absolute atomic E-state index is 13.2. The molecule has 1 aliphatic carbocycles. The minimum Gasteiger partial charge on any atom is -0.480 e. The zero-order valence-corrected chi connectivity index (χ0v) is 20.1. The molecule has 1 unspecified atom stereocenters. The zero-order valence-electron chi connectivity index (χ0n) is 20.1. The van der Waals surface area contributed by atoms with Crippen LogP contribution in [0.2, 0.25) is 0 Å². The van der Waals surface area contributed by atoms with Crippen molar-refractivity contribution in [3.05, 3.63) is 59.7 Å². The Bertz CT molecular complexity index is 1060. The van der Waals surface area contributed by atoms with Crippen LogP contribution in [0, 0.1) is 11.3 Å². The normalized spacial score (nSPS) is 19.1. The number of carbonyl (C=O) groups is 3. The highest BCUT2D eigenvalue weighted by Gasteiger charge is 2.53. The molecule has 2 atom stereocenters. The van der Waals surface area contributed by atoms with Crippen LogP contribution in [0.15, 0.2) is 48.5 Å². The lowest BCUT2D eigenvalue weighted by Gasteiger charge is -2.52. The SMILES string of the molecule is CC(C)C[C@H](NC(=O)OCC1c2ccccc2-c2ccccc21)C(=O)N1CC(C)(C)C1C(=O)O. The molecule has 0 spiro atoms. The smallest absolute Gasteiger partial charge is 0.407 e. The number of carbonyl (C=O) groups excluding carboxylic acids is 2. The van der Waals surface area contributed by atoms with E-state index >= 15 is 0 Å². The maximum Gasteiger partial charge on any atom is 0.407 e. The third-order valence-electron chi connectivity index (χ3n) is 6.79. The lowest BCUT2D eigenvalue weighted by molar-refractivity contribution is -0.173. The molecule has 7 nitrogen and oxygen atoms in total. The Labute approximate surface area is 200 Å². The fourth-order valence-electron chi connectivity index (χ4n) is 5.27. The van der Waals surface area contributed by atoms with Crippen LogP contribution in [0.4, 0.5) is 4.79 Å². The van der Waals surface area contributed by atoms with Gasteiger partial charge in [0, 0.05) is 17.9 Å². The van der Waals surface area contributed by atoms with Gasteiger partial charge >= 0.3 is 12.1 Å². The molecule has 0 aromatic heterocycles. The van der Waals surface area contributed by atoms with Gasteiger partial charge < -0.3 is 20.1 Å². The van der Waals surface area contributed by atoms with Crippen LogP contribution < -0.4 is 5.32 Å². The average Bonchev–Trinajstić information content (AvgIpc) is 3.08. The van der Waals surface area contributed by atoms with Crippen molar-refractivity contribution in [3.8, 4) is 11.1 Å². The topological polar surface area (TPSA) is 95.9 Å². The molecule has 180 valence electrons. The molecule has 2 aromatic carbocycles. The van der Waals surface area contributed by atoms with Gasteiger partial charge in [-0.1, -0.05) is 76.2 Å². The van der Waals surface area contributed by atoms with Crippen molar-refractivity contribution in [1.29, 1.82) is 0 Å². The number of carboxylic acid groups (broad SMARTS) is 1. The van der Waals surface area contributed by atoms with Crippen molar-refractivity contribution in [2.75, 3.05) is 13.2 Å². The molecular formula is C27H32N2O5. The summed E-state index contributed by atoms with van der Waals surface area (Å²) in [6, 6.07) is 14.4. The number of ether oxygens (including phenoxy) is 1. The van der Waals surface area contributed by atoms with E-state index in [4.69, 9.17) is 4.74 Å². The fourth-order valence-corrected chi connectivity index (χ4v) is 5.27. The number of hydrogen-bond donors (Lipinski definition) is 2. The Kier molecular flexibility index (Phi) is 6.39. The Hall–Kier alpha value is -3.35. The Morgan fingerprint density at radius 3 is 2.12 bits per heavy atom. The van der Waals surface area contributed by atoms with E-state index in [1.807, 2.05) is 64.1 Å². The number of rotatable bonds is 7. The Morgan fingerprint density at radius 2 is 1.62 bits per heavy atom. The Morgan fingerprint density at radius 1 is 1.06 bits per heavy atom. The second kappa shape index (κ2) is 9.12. The van der Waals surface area contributed by atoms with Gasteiger partial charge in [0.05, 0.1) is 0 Å². The summed E-state index contributed by atoms with van der Waals surface area (Å²) in [7, 11) is 0. The van der Waals surface area contributed by atoms with Gasteiger partial charge in [-0.05, 0) is 34.6 Å². The quantitative estimate of drug-likeness (QED) is 0.638. The first-order chi connectivity index (χ1) is 16.1. The number of carboxylic acids is 1. The van der Waals surface area contributed by atoms with Crippen LogP contribution in [-0.4, -0.2) is 53.2 Å². The van der Waals surface area contributed by atoms with E-state index in [2.05, 4.69) is 17.4 Å². The number of nitrogens with one attached hydrogen (secondary N) is 1. The molecule has 0 bridgehead atoms. The zero-order chi connectivity index (χ0) is 24.6. The molecule has 2 aliphatic rings. The van der Waals surface area contributed by atoms with E-state index < -0.39 is 29.6 Å². The van der Waals surface area contributed by atoms with Crippen LogP contribution >= 0.6 is 0 Å². The summed E-state index contributed by atoms with van der Waals surface area (Å²) in [6.07, 6.45) is -0.278. The van der Waals surface area contributed by atoms with Crippen molar-refractivity contribution in [3.63, 3.8) is 0 Å². The Balaban J connectivity index is 1.44. The van der Waals surface area contributed by atoms with Gasteiger partial charge in [-0.2, -0.15) is 0 Å². The first-order valence-electron chi connectivity index (χ1n) is 11.7. The summed E-state index contributed by atoms with van der Waals surface area (Å²) < 4.78 is 5.61. The highest BCUT2D eigenvalue weighted by molar-refractivity contribution is 5.91. The van der Waals surface area contributed by atoms with Crippen molar-refractivity contribution in [2.24, 2.45) is 11.3 Å². The second-order valence-electron chi connectivity index (χ2n) is 10.3. The van der Waals surface area contributed by atoms with E-state index in [1.165, 1.54) is 4.90 Å². The van der Waals surface area contributed by atoms with E-state index in [1.54, 1.807) is 0 Å². The molecule has 1 fully saturated rings. The number of amides is 2. The molecule has 4 rings (SSSR count). The molecule has 2 amide bonds. The van der Waals surface area contributed by atoms with Crippen LogP contribution in [0.3, 0.4) is 0 Å². The van der Waals surface area contributed by atoms with Crippen LogP contribution in [-0.2, 0) is 14.3 Å². The van der Waals surface area contributed by atoms with Crippen LogP contribution in [0.1, 0.15) is 51.2 Å². The fraction of sp³-hybridized carbons (Fsp3) is 0.444. The third-order valence-corrected chi connectivity index (χ3v) is 6.79. The lowest BCUT2D eigenvalue weighted by atomic mass is 9.74. The van der Waals surface area contributed by atoms with Crippen molar-refractivity contribution in [2.45, 2.75) is 52.1 Å². The van der Waals surface area contributed by atoms with Gasteiger partial charge in [-0.25, -0.2) is 9.59 Å². The van der Waals surface area contributed by atoms with Gasteiger partial charge in [0.2, 0.25) is 5.91 Å². The summed E-state index contributed by atoms with van der Waals surface area (Å²) in [5.41, 5.74) is 3.99. The maximum atomic E-state index is 13.2. The molecule has 34 heavy (non-hydrogen) atoms. The van der Waals surface area contributed by atoms with Crippen LogP contribution in [0.25, 0.3) is 11.1 Å². The number of benzene rings is 2. The van der Waals surface area contributed by atoms with Crippen LogP contribution in [0.5, 0.6) is 0 Å². The van der Waals surface area contributed by atoms with Gasteiger partial charge in [-0.3, -0.25) is 4.79 Å². The van der Waals surface area contributed by atoms with E-state index in [-0.39, 0.29) is 24.3 Å². The predicted octanol–water partition coefficient (Wildman–Crippen LogP) is 4.26. The molecule has 1 saturated heterocycles. The van der Waals surface area contributed by atoms with Crippen molar-refractivity contribution in [1.82, 2.24) is 10.2 Å². The van der Waals surface area contributed by atoms with Crippen molar-refractivity contribution >= 4 is 18.0 Å². The molecule has 1 aliphatic heterocycles. The number of fused-ring (bicyclic) bond motifs is 3. The third kappa shape index (κ3) is 4.39. The number of nitrogens with zero attached hydrogens (tertiary/aromatic N) is 1. The number of hydrogen-bond acceptors (Lipinski definition) is 4. The first kappa shape index (κ1) is 23.8. The standard InChI is InChI=1S/C27H32N2O5/c1-16(2)13-22(24(30)29-15-27(3,4)23(29)25(31)32)28-26(33)34-14-21-19-11-7-5-9-17(19)18-10-6-8-12-20(18)21/h5-12,16,21-23H,13-15H2,1-4H3,(H,28,33)(H,31,32)/t22-,23?/m0/s1. The minimum absolute atomic E-state index is 0.0787. The van der Waals surface area contributed by atoms with Gasteiger partial charge in [0.1, 0.15) is 18.7 Å².